The van der Waals surface area contributed by atoms with Crippen molar-refractivity contribution in [2.45, 2.75) is 26.2 Å². The van der Waals surface area contributed by atoms with Gasteiger partial charge in [-0.1, -0.05) is 44.0 Å². The van der Waals surface area contributed by atoms with Crippen LogP contribution < -0.4 is 5.32 Å². The molecule has 0 aromatic heterocycles. The highest BCUT2D eigenvalue weighted by Crippen LogP contribution is 2.49. The van der Waals surface area contributed by atoms with E-state index in [-0.39, 0.29) is 27.9 Å². The Morgan fingerprint density at radius 1 is 0.840 bits per heavy atom. The molecule has 130 valence electrons. The van der Waals surface area contributed by atoms with Gasteiger partial charge in [0.2, 0.25) is 5.75 Å². The van der Waals surface area contributed by atoms with E-state index in [1.54, 1.807) is 12.1 Å². The first-order valence-corrected chi connectivity index (χ1v) is 8.22. The molecule has 0 unspecified atom stereocenters. The number of hydrogen-bond acceptors (Lipinski definition) is 6. The van der Waals surface area contributed by atoms with Gasteiger partial charge < -0.3 is 20.6 Å². The highest BCUT2D eigenvalue weighted by atomic mass is 16.3. The van der Waals surface area contributed by atoms with Crippen LogP contribution in [0.25, 0.3) is 0 Å². The maximum Gasteiger partial charge on any atom is 0.203 e. The van der Waals surface area contributed by atoms with Gasteiger partial charge in [0.15, 0.2) is 23.1 Å². The summed E-state index contributed by atoms with van der Waals surface area (Å²) in [5.41, 5.74) is -0.0299. The molecule has 0 atom stereocenters. The third kappa shape index (κ3) is 2.59. The second-order valence-electron chi connectivity index (χ2n) is 6.01. The predicted octanol–water partition coefficient (Wildman–Crippen LogP) is 3.18. The molecule has 0 spiro atoms. The Labute approximate surface area is 144 Å². The summed E-state index contributed by atoms with van der Waals surface area (Å²) in [7, 11) is 0. The molecule has 0 fully saturated rings. The van der Waals surface area contributed by atoms with Crippen LogP contribution in [0.5, 0.6) is 17.2 Å². The van der Waals surface area contributed by atoms with Gasteiger partial charge in [0.25, 0.3) is 0 Å². The van der Waals surface area contributed by atoms with Crippen LogP contribution in [0.3, 0.4) is 0 Å². The van der Waals surface area contributed by atoms with Gasteiger partial charge in [0, 0.05) is 17.7 Å². The second-order valence-corrected chi connectivity index (χ2v) is 6.01. The second kappa shape index (κ2) is 6.47. The number of phenols is 3. The Hall–Kier alpha value is -3.02. The quantitative estimate of drug-likeness (QED) is 0.323. The van der Waals surface area contributed by atoms with Gasteiger partial charge in [-0.3, -0.25) is 9.59 Å². The molecule has 0 saturated heterocycles. The average Bonchev–Trinajstić information content (AvgIpc) is 2.62. The maximum atomic E-state index is 12.9. The van der Waals surface area contributed by atoms with Gasteiger partial charge >= 0.3 is 0 Å². The zero-order valence-electron chi connectivity index (χ0n) is 13.8. The number of carbonyl (C=O) groups is 2. The molecule has 1 aliphatic carbocycles. The van der Waals surface area contributed by atoms with Gasteiger partial charge in [0.05, 0.1) is 16.8 Å². The monoisotopic (exact) mass is 341 g/mol. The zero-order chi connectivity index (χ0) is 18.1. The number of carbonyl (C=O) groups excluding carboxylic acids is 2. The lowest BCUT2D eigenvalue weighted by Crippen LogP contribution is -2.23. The third-order valence-electron chi connectivity index (χ3n) is 4.37. The molecular formula is C19H19NO5. The van der Waals surface area contributed by atoms with E-state index in [9.17, 15) is 24.9 Å². The van der Waals surface area contributed by atoms with Crippen molar-refractivity contribution in [3.05, 3.63) is 46.5 Å². The van der Waals surface area contributed by atoms with Crippen molar-refractivity contribution in [1.82, 2.24) is 0 Å². The molecule has 6 heteroatoms. The lowest BCUT2D eigenvalue weighted by Gasteiger charge is -2.23. The number of anilines is 1. The molecule has 2 aromatic rings. The zero-order valence-corrected chi connectivity index (χ0v) is 13.8. The lowest BCUT2D eigenvalue weighted by molar-refractivity contribution is 0.0976. The molecule has 25 heavy (non-hydrogen) atoms. The summed E-state index contributed by atoms with van der Waals surface area (Å²) < 4.78 is 0. The Balaban J connectivity index is 2.17. The van der Waals surface area contributed by atoms with E-state index in [0.29, 0.717) is 6.54 Å². The Morgan fingerprint density at radius 2 is 1.44 bits per heavy atom. The fourth-order valence-electron chi connectivity index (χ4n) is 3.07. The summed E-state index contributed by atoms with van der Waals surface area (Å²) in [5.74, 6) is -3.26. The van der Waals surface area contributed by atoms with Crippen LogP contribution in [0.15, 0.2) is 24.3 Å². The summed E-state index contributed by atoms with van der Waals surface area (Å²) in [4.78, 5) is 25.6. The molecular weight excluding hydrogens is 322 g/mol. The third-order valence-corrected chi connectivity index (χ3v) is 4.37. The number of hydrogen-bond donors (Lipinski definition) is 4. The van der Waals surface area contributed by atoms with Crippen LogP contribution in [0.2, 0.25) is 0 Å². The molecule has 0 aliphatic heterocycles. The predicted molar refractivity (Wildman–Crippen MR) is 92.8 cm³/mol. The van der Waals surface area contributed by atoms with Crippen molar-refractivity contribution in [3.8, 4) is 17.2 Å². The van der Waals surface area contributed by atoms with Gasteiger partial charge in [-0.25, -0.2) is 0 Å². The van der Waals surface area contributed by atoms with Gasteiger partial charge in [0.1, 0.15) is 0 Å². The summed E-state index contributed by atoms with van der Waals surface area (Å²) >= 11 is 0. The summed E-state index contributed by atoms with van der Waals surface area (Å²) in [6.45, 7) is 2.51. The first-order chi connectivity index (χ1) is 12.0. The summed E-state index contributed by atoms with van der Waals surface area (Å²) in [6.07, 6.45) is 2.75. The smallest absolute Gasteiger partial charge is 0.203 e. The highest BCUT2D eigenvalue weighted by molar-refractivity contribution is 6.31. The number of nitrogens with one attached hydrogen (secondary N) is 1. The lowest BCUT2D eigenvalue weighted by atomic mass is 9.82. The number of aromatic hydroxyl groups is 3. The highest BCUT2D eigenvalue weighted by Gasteiger charge is 2.37. The average molecular weight is 341 g/mol. The van der Waals surface area contributed by atoms with Crippen LogP contribution >= 0.6 is 0 Å². The molecule has 1 aliphatic rings. The topological polar surface area (TPSA) is 107 Å². The molecule has 4 N–H and O–H groups in total. The van der Waals surface area contributed by atoms with Crippen molar-refractivity contribution in [2.24, 2.45) is 0 Å². The fourth-order valence-corrected chi connectivity index (χ4v) is 3.07. The van der Waals surface area contributed by atoms with Crippen LogP contribution in [-0.4, -0.2) is 33.4 Å². The molecule has 0 heterocycles. The van der Waals surface area contributed by atoms with Crippen molar-refractivity contribution >= 4 is 17.3 Å². The van der Waals surface area contributed by atoms with E-state index in [0.717, 1.165) is 19.3 Å². The number of fused-ring (bicyclic) bond motifs is 2. The number of benzene rings is 2. The number of phenolic OH excluding ortho intramolecular Hbond substituents is 3. The number of ketones is 2. The van der Waals surface area contributed by atoms with E-state index in [1.165, 1.54) is 12.1 Å². The van der Waals surface area contributed by atoms with Crippen LogP contribution in [-0.2, 0) is 0 Å². The van der Waals surface area contributed by atoms with Gasteiger partial charge in [-0.15, -0.1) is 0 Å². The van der Waals surface area contributed by atoms with Crippen LogP contribution in [0, 0.1) is 0 Å². The van der Waals surface area contributed by atoms with Gasteiger partial charge in [-0.05, 0) is 6.42 Å². The van der Waals surface area contributed by atoms with Crippen molar-refractivity contribution in [3.63, 3.8) is 0 Å². The first-order valence-electron chi connectivity index (χ1n) is 8.22. The fraction of sp³-hybridized carbons (Fsp3) is 0.263. The number of unbranched alkanes of at least 4 members (excludes halogenated alkanes) is 2. The normalized spacial score (nSPS) is 12.7. The van der Waals surface area contributed by atoms with E-state index in [4.69, 9.17) is 0 Å². The largest absolute Gasteiger partial charge is 0.504 e. The Bertz CT molecular complexity index is 873. The van der Waals surface area contributed by atoms with Crippen molar-refractivity contribution < 1.29 is 24.9 Å². The van der Waals surface area contributed by atoms with E-state index < -0.39 is 28.8 Å². The van der Waals surface area contributed by atoms with Crippen LogP contribution in [0.4, 0.5) is 5.69 Å². The van der Waals surface area contributed by atoms with Crippen molar-refractivity contribution in [2.75, 3.05) is 11.9 Å². The maximum absolute atomic E-state index is 12.9. The minimum atomic E-state index is -0.808. The first kappa shape index (κ1) is 16.8. The number of rotatable bonds is 5. The van der Waals surface area contributed by atoms with Crippen molar-refractivity contribution in [1.29, 1.82) is 0 Å². The minimum absolute atomic E-state index is 0.0192. The Morgan fingerprint density at radius 3 is 2.04 bits per heavy atom. The van der Waals surface area contributed by atoms with E-state index in [2.05, 4.69) is 5.32 Å². The summed E-state index contributed by atoms with van der Waals surface area (Å²) in [5, 5.41) is 33.3. The molecule has 0 radical (unpaired) electrons. The SMILES string of the molecule is CCCCCNc1c(O)c(O)c(O)c2c1C(=O)c1ccccc1C2=O. The molecule has 3 rings (SSSR count). The molecule has 6 nitrogen and oxygen atoms in total. The molecule has 0 saturated carbocycles. The molecule has 0 bridgehead atoms. The summed E-state index contributed by atoms with van der Waals surface area (Å²) in [6, 6.07) is 6.29. The van der Waals surface area contributed by atoms with E-state index in [1.807, 2.05) is 6.92 Å². The van der Waals surface area contributed by atoms with Gasteiger partial charge in [-0.2, -0.15) is 0 Å². The Kier molecular flexibility index (Phi) is 4.35. The standard InChI is InChI=1S/C19H19NO5/c1-2-3-6-9-20-14-12-13(17(23)19(25)18(14)24)16(22)11-8-5-4-7-10(11)15(12)21/h4-5,7-8,20,23-25H,2-3,6,9H2,1H3. The van der Waals surface area contributed by atoms with Crippen LogP contribution in [0.1, 0.15) is 58.0 Å². The molecule has 2 aromatic carbocycles. The minimum Gasteiger partial charge on any atom is -0.504 e. The van der Waals surface area contributed by atoms with E-state index >= 15 is 0 Å². The molecule has 0 amide bonds.